The van der Waals surface area contributed by atoms with E-state index in [-0.39, 0.29) is 0 Å². The van der Waals surface area contributed by atoms with Gasteiger partial charge < -0.3 is 11.1 Å². The minimum Gasteiger partial charge on any atom is -0.384 e. The van der Waals surface area contributed by atoms with Gasteiger partial charge in [-0.15, -0.1) is 0 Å². The highest BCUT2D eigenvalue weighted by Gasteiger charge is 2.13. The van der Waals surface area contributed by atoms with Crippen molar-refractivity contribution < 1.29 is 0 Å². The van der Waals surface area contributed by atoms with Crippen LogP contribution in [0.1, 0.15) is 51.3 Å². The lowest BCUT2D eigenvalue weighted by atomic mass is 10.1. The Morgan fingerprint density at radius 2 is 1.94 bits per heavy atom. The third kappa shape index (κ3) is 3.58. The van der Waals surface area contributed by atoms with E-state index >= 15 is 0 Å². The topological polar surface area (TPSA) is 63.8 Å². The lowest BCUT2D eigenvalue weighted by Gasteiger charge is -2.17. The van der Waals surface area contributed by atoms with E-state index in [2.05, 4.69) is 15.3 Å². The Labute approximate surface area is 103 Å². The van der Waals surface area contributed by atoms with E-state index in [1.54, 1.807) is 0 Å². The van der Waals surface area contributed by atoms with Gasteiger partial charge in [0.1, 0.15) is 17.5 Å². The van der Waals surface area contributed by atoms with Crippen LogP contribution in [0, 0.1) is 0 Å². The number of nitrogen functional groups attached to an aromatic ring is 1. The number of aromatic nitrogens is 2. The lowest BCUT2D eigenvalue weighted by molar-refractivity contribution is 0.617. The van der Waals surface area contributed by atoms with Crippen LogP contribution < -0.4 is 11.1 Å². The van der Waals surface area contributed by atoms with E-state index in [4.69, 9.17) is 5.73 Å². The van der Waals surface area contributed by atoms with Gasteiger partial charge in [-0.3, -0.25) is 0 Å². The van der Waals surface area contributed by atoms with Crippen LogP contribution in [0.25, 0.3) is 0 Å². The summed E-state index contributed by atoms with van der Waals surface area (Å²) in [5.74, 6) is 2.27. The van der Waals surface area contributed by atoms with Crippen LogP contribution in [-0.4, -0.2) is 16.0 Å². The van der Waals surface area contributed by atoms with Crippen LogP contribution in [0.3, 0.4) is 0 Å². The van der Waals surface area contributed by atoms with Crippen molar-refractivity contribution in [3.05, 3.63) is 11.9 Å². The number of hydrogen-bond donors (Lipinski definition) is 2. The second kappa shape index (κ2) is 5.84. The minimum atomic E-state index is 0.552. The molecule has 0 spiro atoms. The van der Waals surface area contributed by atoms with E-state index in [1.165, 1.54) is 38.5 Å². The average Bonchev–Trinajstić information content (AvgIpc) is 2.57. The third-order valence-corrected chi connectivity index (χ3v) is 3.32. The number of nitrogens with one attached hydrogen (secondary N) is 1. The predicted molar refractivity (Wildman–Crippen MR) is 70.9 cm³/mol. The monoisotopic (exact) mass is 234 g/mol. The first-order valence-corrected chi connectivity index (χ1v) is 6.68. The molecule has 3 N–H and O–H groups in total. The van der Waals surface area contributed by atoms with Gasteiger partial charge in [0.05, 0.1) is 0 Å². The Bertz CT molecular complexity index is 356. The smallest absolute Gasteiger partial charge is 0.132 e. The molecular weight excluding hydrogens is 212 g/mol. The van der Waals surface area contributed by atoms with Crippen molar-refractivity contribution in [1.29, 1.82) is 0 Å². The molecule has 4 heteroatoms. The molecule has 1 aromatic rings. The summed E-state index contributed by atoms with van der Waals surface area (Å²) in [7, 11) is 0. The fourth-order valence-corrected chi connectivity index (χ4v) is 2.38. The maximum atomic E-state index is 5.78. The first-order valence-electron chi connectivity index (χ1n) is 6.68. The molecule has 4 nitrogen and oxygen atoms in total. The Morgan fingerprint density at radius 3 is 2.59 bits per heavy atom. The van der Waals surface area contributed by atoms with Crippen LogP contribution in [0.5, 0.6) is 0 Å². The van der Waals surface area contributed by atoms with Gasteiger partial charge >= 0.3 is 0 Å². The SMILES string of the molecule is CCc1nc(N)cc(NC2CCCCCC2)n1. The van der Waals surface area contributed by atoms with Gasteiger partial charge in [0.25, 0.3) is 0 Å². The molecule has 0 aliphatic heterocycles. The first kappa shape index (κ1) is 12.1. The zero-order chi connectivity index (χ0) is 12.1. The van der Waals surface area contributed by atoms with Gasteiger partial charge in [-0.2, -0.15) is 0 Å². The maximum absolute atomic E-state index is 5.78. The maximum Gasteiger partial charge on any atom is 0.132 e. The molecule has 1 aliphatic carbocycles. The van der Waals surface area contributed by atoms with E-state index < -0.39 is 0 Å². The fraction of sp³-hybridized carbons (Fsp3) is 0.692. The largest absolute Gasteiger partial charge is 0.384 e. The third-order valence-electron chi connectivity index (χ3n) is 3.32. The molecule has 1 aromatic heterocycles. The van der Waals surface area contributed by atoms with Gasteiger partial charge in [0.2, 0.25) is 0 Å². The molecule has 0 radical (unpaired) electrons. The number of nitrogens with two attached hydrogens (primary N) is 1. The summed E-state index contributed by atoms with van der Waals surface area (Å²) < 4.78 is 0. The zero-order valence-electron chi connectivity index (χ0n) is 10.6. The van der Waals surface area contributed by atoms with E-state index in [0.29, 0.717) is 11.9 Å². The molecule has 1 saturated carbocycles. The molecule has 0 aromatic carbocycles. The summed E-state index contributed by atoms with van der Waals surface area (Å²) in [5.41, 5.74) is 5.78. The number of nitrogens with zero attached hydrogens (tertiary/aromatic N) is 2. The highest BCUT2D eigenvalue weighted by atomic mass is 15.1. The minimum absolute atomic E-state index is 0.552. The molecular formula is C13H22N4. The second-order valence-corrected chi connectivity index (χ2v) is 4.78. The second-order valence-electron chi connectivity index (χ2n) is 4.78. The van der Waals surface area contributed by atoms with E-state index in [9.17, 15) is 0 Å². The lowest BCUT2D eigenvalue weighted by Crippen LogP contribution is -2.19. The normalized spacial score (nSPS) is 17.7. The average molecular weight is 234 g/mol. The van der Waals surface area contributed by atoms with Crippen LogP contribution >= 0.6 is 0 Å². The summed E-state index contributed by atoms with van der Waals surface area (Å²) in [6.45, 7) is 2.05. The van der Waals surface area contributed by atoms with Crippen LogP contribution in [-0.2, 0) is 6.42 Å². The van der Waals surface area contributed by atoms with Crippen molar-refractivity contribution in [1.82, 2.24) is 9.97 Å². The van der Waals surface area contributed by atoms with Gasteiger partial charge in [0, 0.05) is 18.5 Å². The Kier molecular flexibility index (Phi) is 4.18. The Morgan fingerprint density at radius 1 is 1.24 bits per heavy atom. The summed E-state index contributed by atoms with van der Waals surface area (Å²) in [5, 5.41) is 3.51. The molecule has 94 valence electrons. The van der Waals surface area contributed by atoms with Gasteiger partial charge in [-0.05, 0) is 12.8 Å². The fourth-order valence-electron chi connectivity index (χ4n) is 2.38. The molecule has 2 rings (SSSR count). The summed E-state index contributed by atoms with van der Waals surface area (Å²) >= 11 is 0. The summed E-state index contributed by atoms with van der Waals surface area (Å²) in [6, 6.07) is 2.39. The molecule has 0 atom stereocenters. The highest BCUT2D eigenvalue weighted by molar-refractivity contribution is 5.45. The molecule has 0 bridgehead atoms. The quantitative estimate of drug-likeness (QED) is 0.789. The molecule has 17 heavy (non-hydrogen) atoms. The van der Waals surface area contributed by atoms with Crippen molar-refractivity contribution in [3.8, 4) is 0 Å². The first-order chi connectivity index (χ1) is 8.28. The van der Waals surface area contributed by atoms with Crippen molar-refractivity contribution in [2.45, 2.75) is 57.9 Å². The molecule has 0 unspecified atom stereocenters. The van der Waals surface area contributed by atoms with Crippen LogP contribution in [0.4, 0.5) is 11.6 Å². The van der Waals surface area contributed by atoms with E-state index in [0.717, 1.165) is 18.1 Å². The number of hydrogen-bond acceptors (Lipinski definition) is 4. The van der Waals surface area contributed by atoms with Crippen molar-refractivity contribution in [2.75, 3.05) is 11.1 Å². The predicted octanol–water partition coefficient (Wildman–Crippen LogP) is 2.76. The van der Waals surface area contributed by atoms with Crippen LogP contribution in [0.2, 0.25) is 0 Å². The molecule has 0 amide bonds. The Balaban J connectivity index is 2.03. The highest BCUT2D eigenvalue weighted by Crippen LogP contribution is 2.21. The number of rotatable bonds is 3. The molecule has 1 heterocycles. The van der Waals surface area contributed by atoms with Gasteiger partial charge in [-0.1, -0.05) is 32.6 Å². The Hall–Kier alpha value is -1.32. The number of aryl methyl sites for hydroxylation is 1. The van der Waals surface area contributed by atoms with Crippen molar-refractivity contribution in [2.24, 2.45) is 0 Å². The molecule has 1 fully saturated rings. The van der Waals surface area contributed by atoms with Gasteiger partial charge in [-0.25, -0.2) is 9.97 Å². The molecule has 0 saturated heterocycles. The van der Waals surface area contributed by atoms with Crippen molar-refractivity contribution >= 4 is 11.6 Å². The van der Waals surface area contributed by atoms with Crippen LogP contribution in [0.15, 0.2) is 6.07 Å². The summed E-state index contributed by atoms with van der Waals surface area (Å²) in [4.78, 5) is 8.67. The zero-order valence-corrected chi connectivity index (χ0v) is 10.6. The number of anilines is 2. The standard InChI is InChI=1S/C13H22N4/c1-2-12-16-11(14)9-13(17-12)15-10-7-5-3-4-6-8-10/h9-10H,2-8H2,1H3,(H3,14,15,16,17). The van der Waals surface area contributed by atoms with Crippen molar-refractivity contribution in [3.63, 3.8) is 0 Å². The molecule has 1 aliphatic rings. The van der Waals surface area contributed by atoms with Gasteiger partial charge in [0.15, 0.2) is 0 Å². The summed E-state index contributed by atoms with van der Waals surface area (Å²) in [6.07, 6.45) is 8.67. The van der Waals surface area contributed by atoms with E-state index in [1.807, 2.05) is 13.0 Å².